The number of nitrogens with zero attached hydrogens (tertiary/aromatic N) is 1. The molecule has 1 unspecified atom stereocenters. The van der Waals surface area contributed by atoms with Crippen molar-refractivity contribution in [3.63, 3.8) is 0 Å². The summed E-state index contributed by atoms with van der Waals surface area (Å²) in [5.74, 6) is 0.676. The third-order valence-corrected chi connectivity index (χ3v) is 5.88. The summed E-state index contributed by atoms with van der Waals surface area (Å²) in [6, 6.07) is 15.4. The molecule has 6 heteroatoms. The second-order valence-corrected chi connectivity index (χ2v) is 8.53. The van der Waals surface area contributed by atoms with Crippen LogP contribution in [-0.4, -0.2) is 29.7 Å². The van der Waals surface area contributed by atoms with Crippen molar-refractivity contribution in [2.75, 3.05) is 19.0 Å². The zero-order chi connectivity index (χ0) is 25.9. The minimum absolute atomic E-state index is 0.445. The lowest BCUT2D eigenvalue weighted by Gasteiger charge is -2.15. The minimum atomic E-state index is -0.802. The Balaban J connectivity index is 1.55. The fourth-order valence-electron chi connectivity index (χ4n) is 3.88. The topological polar surface area (TPSA) is 84.6 Å². The number of anilines is 1. The van der Waals surface area contributed by atoms with Gasteiger partial charge in [0.2, 0.25) is 5.89 Å². The van der Waals surface area contributed by atoms with Crippen molar-refractivity contribution in [1.82, 2.24) is 4.98 Å². The summed E-state index contributed by atoms with van der Waals surface area (Å²) >= 11 is 0. The third kappa shape index (κ3) is 7.47. The van der Waals surface area contributed by atoms with Gasteiger partial charge in [-0.25, -0.2) is 4.98 Å². The van der Waals surface area contributed by atoms with Crippen molar-refractivity contribution >= 4 is 17.2 Å². The number of carboxylic acids is 1. The molecule has 1 atom stereocenters. The van der Waals surface area contributed by atoms with Gasteiger partial charge in [0.1, 0.15) is 11.5 Å². The summed E-state index contributed by atoms with van der Waals surface area (Å²) < 4.78 is 11.6. The highest BCUT2D eigenvalue weighted by Gasteiger charge is 2.20. The maximum absolute atomic E-state index is 11.9. The number of ether oxygens (including phenoxy) is 1. The van der Waals surface area contributed by atoms with Gasteiger partial charge in [-0.3, -0.25) is 4.79 Å². The predicted molar refractivity (Wildman–Crippen MR) is 144 cm³/mol. The van der Waals surface area contributed by atoms with Crippen LogP contribution in [0.25, 0.3) is 5.57 Å². The van der Waals surface area contributed by atoms with Crippen LogP contribution in [0.3, 0.4) is 0 Å². The second kappa shape index (κ2) is 13.1. The normalized spacial score (nSPS) is 12.2. The van der Waals surface area contributed by atoms with Crippen molar-refractivity contribution in [3.05, 3.63) is 108 Å². The van der Waals surface area contributed by atoms with Gasteiger partial charge in [0.15, 0.2) is 0 Å². The van der Waals surface area contributed by atoms with Crippen LogP contribution >= 0.6 is 0 Å². The third-order valence-electron chi connectivity index (χ3n) is 5.88. The van der Waals surface area contributed by atoms with Crippen molar-refractivity contribution in [2.24, 2.45) is 5.92 Å². The number of oxazole rings is 1. The molecule has 3 aromatic rings. The molecule has 0 radical (unpaired) electrons. The lowest BCUT2D eigenvalue weighted by Crippen LogP contribution is -2.19. The predicted octanol–water partition coefficient (Wildman–Crippen LogP) is 6.28. The van der Waals surface area contributed by atoms with E-state index in [4.69, 9.17) is 9.15 Å². The number of aliphatic carboxylic acids is 1. The number of allylic oxidation sites excluding steroid dienone is 5. The fraction of sp³-hybridized carbons (Fsp3) is 0.267. The maximum atomic E-state index is 11.9. The largest absolute Gasteiger partial charge is 0.493 e. The molecule has 0 amide bonds. The number of nitrogens with one attached hydrogen (secondary N) is 1. The van der Waals surface area contributed by atoms with Crippen molar-refractivity contribution in [3.8, 4) is 5.75 Å². The molecule has 0 aliphatic rings. The fourth-order valence-corrected chi connectivity index (χ4v) is 3.88. The zero-order valence-electron chi connectivity index (χ0n) is 21.2. The highest BCUT2D eigenvalue weighted by atomic mass is 16.5. The summed E-state index contributed by atoms with van der Waals surface area (Å²) in [6.45, 7) is 8.29. The number of carboxylic acid groups (broad SMARTS) is 1. The maximum Gasteiger partial charge on any atom is 0.307 e. The summed E-state index contributed by atoms with van der Waals surface area (Å²) in [4.78, 5) is 16.5. The van der Waals surface area contributed by atoms with E-state index in [0.29, 0.717) is 37.3 Å². The first-order chi connectivity index (χ1) is 17.4. The van der Waals surface area contributed by atoms with Gasteiger partial charge < -0.3 is 19.6 Å². The zero-order valence-corrected chi connectivity index (χ0v) is 21.2. The molecule has 0 aliphatic heterocycles. The van der Waals surface area contributed by atoms with E-state index in [1.165, 1.54) is 0 Å². The Labute approximate surface area is 213 Å². The van der Waals surface area contributed by atoms with Gasteiger partial charge in [-0.05, 0) is 56.0 Å². The molecule has 3 rings (SSSR count). The van der Waals surface area contributed by atoms with Crippen molar-refractivity contribution < 1.29 is 19.1 Å². The van der Waals surface area contributed by atoms with Crippen LogP contribution in [0.1, 0.15) is 35.4 Å². The van der Waals surface area contributed by atoms with E-state index in [1.54, 1.807) is 0 Å². The molecule has 188 valence electrons. The van der Waals surface area contributed by atoms with Gasteiger partial charge in [0.05, 0.1) is 18.2 Å². The van der Waals surface area contributed by atoms with Crippen LogP contribution in [0.15, 0.2) is 83.8 Å². The van der Waals surface area contributed by atoms with Crippen LogP contribution in [-0.2, 0) is 24.1 Å². The van der Waals surface area contributed by atoms with Crippen LogP contribution < -0.4 is 10.1 Å². The van der Waals surface area contributed by atoms with Gasteiger partial charge in [-0.2, -0.15) is 0 Å². The average Bonchev–Trinajstić information content (AvgIpc) is 3.25. The second-order valence-electron chi connectivity index (χ2n) is 8.53. The Hall–Kier alpha value is -4.06. The van der Waals surface area contributed by atoms with E-state index in [0.717, 1.165) is 34.0 Å². The first-order valence-corrected chi connectivity index (χ1v) is 12.1. The molecule has 0 spiro atoms. The molecule has 1 heterocycles. The smallest absolute Gasteiger partial charge is 0.307 e. The van der Waals surface area contributed by atoms with Gasteiger partial charge in [0.25, 0.3) is 0 Å². The Kier molecular flexibility index (Phi) is 9.69. The number of hydrogen-bond acceptors (Lipinski definition) is 5. The quantitative estimate of drug-likeness (QED) is 0.277. The molecular formula is C30H34N2O4. The number of aromatic nitrogens is 1. The molecule has 0 saturated heterocycles. The summed E-state index contributed by atoms with van der Waals surface area (Å²) in [7, 11) is 1.84. The number of carbonyl (C=O) groups is 1. The van der Waals surface area contributed by atoms with Gasteiger partial charge in [0, 0.05) is 24.7 Å². The highest BCUT2D eigenvalue weighted by Crippen LogP contribution is 2.23. The van der Waals surface area contributed by atoms with E-state index >= 15 is 0 Å². The Bertz CT molecular complexity index is 1220. The lowest BCUT2D eigenvalue weighted by atomic mass is 9.92. The number of hydrogen-bond donors (Lipinski definition) is 2. The van der Waals surface area contributed by atoms with Crippen LogP contribution in [0, 0.1) is 12.8 Å². The lowest BCUT2D eigenvalue weighted by molar-refractivity contribution is -0.141. The first-order valence-electron chi connectivity index (χ1n) is 12.1. The molecule has 2 aromatic carbocycles. The van der Waals surface area contributed by atoms with Gasteiger partial charge in [-0.15, -0.1) is 0 Å². The van der Waals surface area contributed by atoms with Crippen LogP contribution in [0.4, 0.5) is 5.69 Å². The molecule has 36 heavy (non-hydrogen) atoms. The molecular weight excluding hydrogens is 452 g/mol. The average molecular weight is 487 g/mol. The minimum Gasteiger partial charge on any atom is -0.493 e. The molecule has 0 bridgehead atoms. The van der Waals surface area contributed by atoms with Crippen molar-refractivity contribution in [2.45, 2.75) is 33.1 Å². The van der Waals surface area contributed by atoms with Crippen LogP contribution in [0.2, 0.25) is 0 Å². The van der Waals surface area contributed by atoms with E-state index in [-0.39, 0.29) is 0 Å². The number of para-hydroxylation sites is 1. The standard InChI is InChI=1S/C30H34N2O4/c1-5-6-7-10-21(2)29-32-27(22(3)36-29)17-18-35-26-15-13-23(14-16-26)19-25(30(33)34)20-24-11-8-9-12-28(24)31-4/h5-16,25,31H,2,17-20H2,1,3-4H3,(H,33,34)/b6-5-,10-7-. The molecule has 1 aromatic heterocycles. The van der Waals surface area contributed by atoms with Crippen LogP contribution in [0.5, 0.6) is 5.75 Å². The summed E-state index contributed by atoms with van der Waals surface area (Å²) in [5, 5.41) is 12.9. The van der Waals surface area contributed by atoms with E-state index in [9.17, 15) is 9.90 Å². The molecule has 0 saturated carbocycles. The highest BCUT2D eigenvalue weighted by molar-refractivity contribution is 5.71. The summed E-state index contributed by atoms with van der Waals surface area (Å²) in [6.07, 6.45) is 9.13. The SMILES string of the molecule is C=C(/C=C\C=C/C)c1nc(CCOc2ccc(CC(Cc3ccccc3NC)C(=O)O)cc2)c(C)o1. The number of benzene rings is 2. The Morgan fingerprint density at radius 2 is 1.92 bits per heavy atom. The number of aryl methyl sites for hydroxylation is 1. The number of rotatable bonds is 13. The van der Waals surface area contributed by atoms with E-state index in [2.05, 4.69) is 16.9 Å². The van der Waals surface area contributed by atoms with Crippen molar-refractivity contribution in [1.29, 1.82) is 0 Å². The summed E-state index contributed by atoms with van der Waals surface area (Å²) in [5.41, 5.74) is 4.46. The van der Waals surface area contributed by atoms with E-state index in [1.807, 2.05) is 93.7 Å². The first kappa shape index (κ1) is 26.5. The molecule has 0 aliphatic carbocycles. The van der Waals surface area contributed by atoms with E-state index < -0.39 is 11.9 Å². The molecule has 0 fully saturated rings. The Morgan fingerprint density at radius 1 is 1.17 bits per heavy atom. The molecule has 6 nitrogen and oxygen atoms in total. The molecule has 2 N–H and O–H groups in total. The van der Waals surface area contributed by atoms with Gasteiger partial charge >= 0.3 is 5.97 Å². The van der Waals surface area contributed by atoms with Gasteiger partial charge in [-0.1, -0.05) is 61.2 Å². The Morgan fingerprint density at radius 3 is 2.61 bits per heavy atom. The monoisotopic (exact) mass is 486 g/mol.